The fraction of sp³-hybridized carbons (Fsp3) is 0.583. The second kappa shape index (κ2) is 7.78. The van der Waals surface area contributed by atoms with Crippen molar-refractivity contribution in [1.29, 1.82) is 0 Å². The highest BCUT2D eigenvalue weighted by Gasteiger charge is 1.94. The van der Waals surface area contributed by atoms with Crippen LogP contribution >= 0.6 is 0 Å². The molecule has 0 spiro atoms. The third-order valence-corrected chi connectivity index (χ3v) is 1.89. The summed E-state index contributed by atoms with van der Waals surface area (Å²) in [6.45, 7) is 6.34. The summed E-state index contributed by atoms with van der Waals surface area (Å²) in [5, 5.41) is 0. The Bertz CT molecular complexity index is 195. The zero-order valence-corrected chi connectivity index (χ0v) is 8.97. The minimum absolute atomic E-state index is 0.896. The molecule has 0 aromatic heterocycles. The molecule has 0 aliphatic carbocycles. The predicted octanol–water partition coefficient (Wildman–Crippen LogP) is 3.66. The lowest BCUT2D eigenvalue weighted by Gasteiger charge is -2.02. The van der Waals surface area contributed by atoms with E-state index < -0.39 is 0 Å². The quantitative estimate of drug-likeness (QED) is 0.346. The highest BCUT2D eigenvalue weighted by molar-refractivity contribution is 5.66. The van der Waals surface area contributed by atoms with Gasteiger partial charge in [0, 0.05) is 0 Å². The van der Waals surface area contributed by atoms with Gasteiger partial charge in [0.1, 0.15) is 6.29 Å². The Kier molecular flexibility index (Phi) is 7.27. The second-order valence-electron chi connectivity index (χ2n) is 3.53. The molecular formula is C12H20O. The van der Waals surface area contributed by atoms with Gasteiger partial charge in [-0.25, -0.2) is 0 Å². The molecule has 13 heavy (non-hydrogen) atoms. The van der Waals surface area contributed by atoms with Crippen molar-refractivity contribution < 1.29 is 4.79 Å². The lowest BCUT2D eigenvalue weighted by molar-refractivity contribution is -0.104. The Morgan fingerprint density at radius 2 is 1.92 bits per heavy atom. The van der Waals surface area contributed by atoms with Crippen molar-refractivity contribution in [2.75, 3.05) is 0 Å². The summed E-state index contributed by atoms with van der Waals surface area (Å²) in [7, 11) is 0. The Morgan fingerprint density at radius 1 is 1.23 bits per heavy atom. The van der Waals surface area contributed by atoms with E-state index in [0.29, 0.717) is 0 Å². The summed E-state index contributed by atoms with van der Waals surface area (Å²) >= 11 is 0. The molecule has 0 aromatic rings. The monoisotopic (exact) mass is 180 g/mol. The molecule has 0 N–H and O–H groups in total. The van der Waals surface area contributed by atoms with Gasteiger partial charge in [-0.3, -0.25) is 4.79 Å². The molecule has 1 nitrogen and oxygen atoms in total. The van der Waals surface area contributed by atoms with Crippen LogP contribution in [0.1, 0.15) is 46.5 Å². The SMILES string of the molecule is CCCC(=CC=O)CCC=C(C)C. The van der Waals surface area contributed by atoms with Gasteiger partial charge in [0.2, 0.25) is 0 Å². The molecule has 0 atom stereocenters. The van der Waals surface area contributed by atoms with Gasteiger partial charge in [0.05, 0.1) is 0 Å². The first-order valence-electron chi connectivity index (χ1n) is 4.97. The van der Waals surface area contributed by atoms with Crippen LogP contribution in [0.4, 0.5) is 0 Å². The molecule has 0 aromatic carbocycles. The van der Waals surface area contributed by atoms with E-state index in [0.717, 1.165) is 32.0 Å². The average Bonchev–Trinajstić information content (AvgIpc) is 2.04. The van der Waals surface area contributed by atoms with Crippen molar-refractivity contribution in [2.24, 2.45) is 0 Å². The topological polar surface area (TPSA) is 17.1 Å². The van der Waals surface area contributed by atoms with Crippen molar-refractivity contribution in [2.45, 2.75) is 46.5 Å². The molecular weight excluding hydrogens is 160 g/mol. The largest absolute Gasteiger partial charge is 0.299 e. The third kappa shape index (κ3) is 7.51. The number of hydrogen-bond donors (Lipinski definition) is 0. The van der Waals surface area contributed by atoms with Gasteiger partial charge in [-0.2, -0.15) is 0 Å². The van der Waals surface area contributed by atoms with E-state index in [-0.39, 0.29) is 0 Å². The van der Waals surface area contributed by atoms with Crippen LogP contribution in [-0.2, 0) is 4.79 Å². The smallest absolute Gasteiger partial charge is 0.142 e. The Labute approximate surface area is 81.5 Å². The summed E-state index contributed by atoms with van der Waals surface area (Å²) in [6, 6.07) is 0. The highest BCUT2D eigenvalue weighted by atomic mass is 16.1. The first-order valence-corrected chi connectivity index (χ1v) is 4.97. The van der Waals surface area contributed by atoms with Gasteiger partial charge < -0.3 is 0 Å². The van der Waals surface area contributed by atoms with Gasteiger partial charge in [-0.05, 0) is 39.2 Å². The van der Waals surface area contributed by atoms with E-state index in [1.165, 1.54) is 11.1 Å². The van der Waals surface area contributed by atoms with Gasteiger partial charge in [0.15, 0.2) is 0 Å². The maximum absolute atomic E-state index is 10.3. The van der Waals surface area contributed by atoms with Crippen LogP contribution < -0.4 is 0 Å². The predicted molar refractivity (Wildman–Crippen MR) is 57.7 cm³/mol. The molecule has 0 radical (unpaired) electrons. The fourth-order valence-corrected chi connectivity index (χ4v) is 1.26. The molecule has 0 fully saturated rings. The summed E-state index contributed by atoms with van der Waals surface area (Å²) in [5.74, 6) is 0. The normalized spacial score (nSPS) is 11.2. The van der Waals surface area contributed by atoms with Crippen molar-refractivity contribution in [3.63, 3.8) is 0 Å². The molecule has 0 rings (SSSR count). The van der Waals surface area contributed by atoms with Crippen molar-refractivity contribution in [3.05, 3.63) is 23.3 Å². The molecule has 0 saturated heterocycles. The zero-order valence-electron chi connectivity index (χ0n) is 8.97. The molecule has 1 heteroatoms. The Balaban J connectivity index is 3.90. The van der Waals surface area contributed by atoms with Crippen LogP contribution in [0.3, 0.4) is 0 Å². The van der Waals surface area contributed by atoms with Gasteiger partial charge in [-0.1, -0.05) is 30.6 Å². The van der Waals surface area contributed by atoms with E-state index in [1.807, 2.05) is 0 Å². The molecule has 0 aliphatic rings. The Morgan fingerprint density at radius 3 is 2.38 bits per heavy atom. The summed E-state index contributed by atoms with van der Waals surface area (Å²) in [5.41, 5.74) is 2.62. The summed E-state index contributed by atoms with van der Waals surface area (Å²) in [6.07, 6.45) is 9.08. The number of rotatable bonds is 6. The van der Waals surface area contributed by atoms with Crippen LogP contribution in [0.5, 0.6) is 0 Å². The molecule has 0 heterocycles. The number of carbonyl (C=O) groups is 1. The summed E-state index contributed by atoms with van der Waals surface area (Å²) < 4.78 is 0. The molecule has 0 saturated carbocycles. The van der Waals surface area contributed by atoms with Crippen LogP contribution in [0, 0.1) is 0 Å². The van der Waals surface area contributed by atoms with Crippen LogP contribution in [-0.4, -0.2) is 6.29 Å². The lowest BCUT2D eigenvalue weighted by Crippen LogP contribution is -1.84. The fourth-order valence-electron chi connectivity index (χ4n) is 1.26. The van der Waals surface area contributed by atoms with Crippen molar-refractivity contribution in [1.82, 2.24) is 0 Å². The van der Waals surface area contributed by atoms with Gasteiger partial charge in [0.25, 0.3) is 0 Å². The molecule has 0 bridgehead atoms. The van der Waals surface area contributed by atoms with Crippen LogP contribution in [0.25, 0.3) is 0 Å². The van der Waals surface area contributed by atoms with Crippen LogP contribution in [0.2, 0.25) is 0 Å². The van der Waals surface area contributed by atoms with E-state index in [1.54, 1.807) is 6.08 Å². The van der Waals surface area contributed by atoms with E-state index in [9.17, 15) is 4.79 Å². The maximum Gasteiger partial charge on any atom is 0.142 e. The number of allylic oxidation sites excluding steroid dienone is 4. The third-order valence-electron chi connectivity index (χ3n) is 1.89. The number of aldehydes is 1. The average molecular weight is 180 g/mol. The van der Waals surface area contributed by atoms with E-state index in [2.05, 4.69) is 26.8 Å². The molecule has 0 unspecified atom stereocenters. The number of carbonyl (C=O) groups excluding carboxylic acids is 1. The van der Waals surface area contributed by atoms with E-state index in [4.69, 9.17) is 0 Å². The minimum Gasteiger partial charge on any atom is -0.299 e. The first kappa shape index (κ1) is 12.2. The minimum atomic E-state index is 0.896. The number of hydrogen-bond acceptors (Lipinski definition) is 1. The first-order chi connectivity index (χ1) is 6.20. The molecule has 0 aliphatic heterocycles. The Hall–Kier alpha value is -0.850. The van der Waals surface area contributed by atoms with E-state index >= 15 is 0 Å². The second-order valence-corrected chi connectivity index (χ2v) is 3.53. The molecule has 74 valence electrons. The van der Waals surface area contributed by atoms with Gasteiger partial charge >= 0.3 is 0 Å². The van der Waals surface area contributed by atoms with Gasteiger partial charge in [-0.15, -0.1) is 0 Å². The zero-order chi connectivity index (χ0) is 10.1. The highest BCUT2D eigenvalue weighted by Crippen LogP contribution is 2.12. The van der Waals surface area contributed by atoms with Crippen LogP contribution in [0.15, 0.2) is 23.3 Å². The molecule has 0 amide bonds. The lowest BCUT2D eigenvalue weighted by atomic mass is 10.0. The standard InChI is InChI=1S/C12H20O/c1-4-6-12(9-10-13)8-5-7-11(2)3/h7,9-10H,4-6,8H2,1-3H3. The maximum atomic E-state index is 10.3. The van der Waals surface area contributed by atoms with Crippen molar-refractivity contribution in [3.8, 4) is 0 Å². The van der Waals surface area contributed by atoms with Crippen molar-refractivity contribution >= 4 is 6.29 Å². The summed E-state index contributed by atoms with van der Waals surface area (Å²) in [4.78, 5) is 10.3.